The molecule has 0 spiro atoms. The Labute approximate surface area is 93.9 Å². The van der Waals surface area contributed by atoms with Gasteiger partial charge in [0.2, 0.25) is 5.91 Å². The number of amides is 1. The molecule has 0 heterocycles. The van der Waals surface area contributed by atoms with Crippen molar-refractivity contribution in [1.82, 2.24) is 0 Å². The third-order valence-electron chi connectivity index (χ3n) is 1.59. The molecule has 14 heavy (non-hydrogen) atoms. The summed E-state index contributed by atoms with van der Waals surface area (Å²) in [5, 5.41) is 2.74. The van der Waals surface area contributed by atoms with Crippen LogP contribution in [0.2, 0.25) is 0 Å². The first-order valence-corrected chi connectivity index (χ1v) is 6.01. The van der Waals surface area contributed by atoms with Crippen molar-refractivity contribution in [3.8, 4) is 0 Å². The van der Waals surface area contributed by atoms with Crippen LogP contribution in [0.25, 0.3) is 0 Å². The predicted molar refractivity (Wildman–Crippen MR) is 65.3 cm³/mol. The lowest BCUT2D eigenvalue weighted by Crippen LogP contribution is -2.12. The summed E-state index contributed by atoms with van der Waals surface area (Å²) in [5.41, 5.74) is 0.824. The Morgan fingerprint density at radius 2 is 2.07 bits per heavy atom. The van der Waals surface area contributed by atoms with Crippen LogP contribution in [0.5, 0.6) is 0 Å². The Morgan fingerprint density at radius 1 is 1.43 bits per heavy atom. The molecule has 1 aromatic rings. The van der Waals surface area contributed by atoms with Crippen LogP contribution < -0.4 is 5.32 Å². The lowest BCUT2D eigenvalue weighted by Gasteiger charge is -2.04. The van der Waals surface area contributed by atoms with Crippen LogP contribution in [0.3, 0.4) is 0 Å². The molecule has 0 unspecified atom stereocenters. The van der Waals surface area contributed by atoms with Gasteiger partial charge in [0.1, 0.15) is 0 Å². The molecule has 76 valence electrons. The first kappa shape index (κ1) is 11.5. The smallest absolute Gasteiger partial charge is 0.234 e. The topological polar surface area (TPSA) is 29.1 Å². The largest absolute Gasteiger partial charge is 0.325 e. The van der Waals surface area contributed by atoms with Gasteiger partial charge in [0.15, 0.2) is 0 Å². The Morgan fingerprint density at radius 3 is 2.57 bits per heavy atom. The minimum absolute atomic E-state index is 0.0794. The van der Waals surface area contributed by atoms with Gasteiger partial charge >= 0.3 is 0 Å². The van der Waals surface area contributed by atoms with Gasteiger partial charge in [-0.2, -0.15) is 12.6 Å². The number of thioether (sulfide) groups is 1. The number of hydrogen-bond donors (Lipinski definition) is 2. The molecule has 2 nitrogen and oxygen atoms in total. The average molecular weight is 227 g/mol. The maximum atomic E-state index is 11.0. The second-order valence-electron chi connectivity index (χ2n) is 2.66. The van der Waals surface area contributed by atoms with Gasteiger partial charge in [-0.3, -0.25) is 4.79 Å². The molecule has 0 bridgehead atoms. The number of rotatable bonds is 4. The molecule has 1 rings (SSSR count). The van der Waals surface area contributed by atoms with E-state index in [1.54, 1.807) is 11.8 Å². The van der Waals surface area contributed by atoms with E-state index in [2.05, 4.69) is 24.9 Å². The van der Waals surface area contributed by atoms with Crippen LogP contribution in [-0.4, -0.2) is 17.4 Å². The van der Waals surface area contributed by atoms with Crippen molar-refractivity contribution in [1.29, 1.82) is 0 Å². The van der Waals surface area contributed by atoms with Gasteiger partial charge < -0.3 is 5.32 Å². The molecule has 0 aliphatic carbocycles. The minimum atomic E-state index is -0.0794. The maximum Gasteiger partial charge on any atom is 0.234 e. The van der Waals surface area contributed by atoms with Crippen LogP contribution in [0.4, 0.5) is 5.69 Å². The van der Waals surface area contributed by atoms with Crippen molar-refractivity contribution >= 4 is 36.0 Å². The van der Waals surface area contributed by atoms with E-state index in [-0.39, 0.29) is 11.7 Å². The summed E-state index contributed by atoms with van der Waals surface area (Å²) in [6.07, 6.45) is 0. The highest BCUT2D eigenvalue weighted by molar-refractivity contribution is 7.99. The molecule has 0 aliphatic heterocycles. The van der Waals surface area contributed by atoms with Crippen molar-refractivity contribution in [3.63, 3.8) is 0 Å². The molecular weight excluding hydrogens is 214 g/mol. The summed E-state index contributed by atoms with van der Waals surface area (Å²) in [4.78, 5) is 12.2. The highest BCUT2D eigenvalue weighted by Gasteiger charge is 1.98. The maximum absolute atomic E-state index is 11.0. The van der Waals surface area contributed by atoms with E-state index in [1.165, 1.54) is 4.90 Å². The van der Waals surface area contributed by atoms with Crippen LogP contribution in [-0.2, 0) is 4.79 Å². The summed E-state index contributed by atoms with van der Waals surface area (Å²) in [7, 11) is 0. The number of nitrogens with one attached hydrogen (secondary N) is 1. The van der Waals surface area contributed by atoms with E-state index in [0.29, 0.717) is 0 Å². The highest BCUT2D eigenvalue weighted by atomic mass is 32.2. The molecule has 1 N–H and O–H groups in total. The first-order chi connectivity index (χ1) is 6.76. The Bertz CT molecular complexity index is 297. The zero-order valence-corrected chi connectivity index (χ0v) is 9.70. The van der Waals surface area contributed by atoms with Gasteiger partial charge in [-0.1, -0.05) is 6.92 Å². The molecule has 0 fully saturated rings. The number of benzene rings is 1. The minimum Gasteiger partial charge on any atom is -0.325 e. The second kappa shape index (κ2) is 5.98. The fourth-order valence-corrected chi connectivity index (χ4v) is 1.74. The zero-order valence-electron chi connectivity index (χ0n) is 7.99. The van der Waals surface area contributed by atoms with Crippen molar-refractivity contribution in [3.05, 3.63) is 24.3 Å². The summed E-state index contributed by atoms with van der Waals surface area (Å²) >= 11 is 5.66. The lowest BCUT2D eigenvalue weighted by molar-refractivity contribution is -0.113. The van der Waals surface area contributed by atoms with Gasteiger partial charge in [0, 0.05) is 10.6 Å². The van der Waals surface area contributed by atoms with Gasteiger partial charge in [-0.05, 0) is 30.0 Å². The third kappa shape index (κ3) is 3.64. The van der Waals surface area contributed by atoms with Gasteiger partial charge in [-0.25, -0.2) is 0 Å². The van der Waals surface area contributed by atoms with Crippen molar-refractivity contribution < 1.29 is 4.79 Å². The fourth-order valence-electron chi connectivity index (χ4n) is 1.00. The summed E-state index contributed by atoms with van der Waals surface area (Å²) in [5.74, 6) is 1.19. The molecular formula is C10H13NOS2. The van der Waals surface area contributed by atoms with E-state index in [9.17, 15) is 4.79 Å². The van der Waals surface area contributed by atoms with Gasteiger partial charge in [0.25, 0.3) is 0 Å². The number of carbonyl (C=O) groups excluding carboxylic acids is 1. The van der Waals surface area contributed by atoms with E-state index in [1.807, 2.05) is 24.3 Å². The summed E-state index contributed by atoms with van der Waals surface area (Å²) in [6, 6.07) is 7.81. The van der Waals surface area contributed by atoms with Crippen LogP contribution in [0, 0.1) is 0 Å². The molecule has 4 heteroatoms. The van der Waals surface area contributed by atoms with Crippen LogP contribution in [0.15, 0.2) is 29.2 Å². The van der Waals surface area contributed by atoms with Crippen LogP contribution >= 0.6 is 24.4 Å². The number of hydrogen-bond acceptors (Lipinski definition) is 3. The quantitative estimate of drug-likeness (QED) is 0.611. The van der Waals surface area contributed by atoms with Gasteiger partial charge in [0.05, 0.1) is 5.75 Å². The van der Waals surface area contributed by atoms with E-state index >= 15 is 0 Å². The molecule has 0 saturated carbocycles. The van der Waals surface area contributed by atoms with Crippen molar-refractivity contribution in [2.45, 2.75) is 11.8 Å². The van der Waals surface area contributed by atoms with Gasteiger partial charge in [-0.15, -0.1) is 11.8 Å². The highest BCUT2D eigenvalue weighted by Crippen LogP contribution is 2.19. The van der Waals surface area contributed by atoms with Crippen LogP contribution in [0.1, 0.15) is 6.92 Å². The fraction of sp³-hybridized carbons (Fsp3) is 0.300. The normalized spacial score (nSPS) is 9.86. The zero-order chi connectivity index (χ0) is 10.4. The van der Waals surface area contributed by atoms with Crippen molar-refractivity contribution in [2.24, 2.45) is 0 Å². The monoisotopic (exact) mass is 227 g/mol. The Hall–Kier alpha value is -0.610. The van der Waals surface area contributed by atoms with Crippen molar-refractivity contribution in [2.75, 3.05) is 16.8 Å². The molecule has 0 saturated heterocycles. The second-order valence-corrected chi connectivity index (χ2v) is 4.32. The third-order valence-corrected chi connectivity index (χ3v) is 2.77. The molecule has 0 atom stereocenters. The van der Waals surface area contributed by atoms with E-state index in [4.69, 9.17) is 0 Å². The molecule has 0 aliphatic rings. The molecule has 1 aromatic carbocycles. The molecule has 1 amide bonds. The summed E-state index contributed by atoms with van der Waals surface area (Å²) < 4.78 is 0. The number of anilines is 1. The standard InChI is InChI=1S/C10H13NOS2/c1-2-14-9-5-3-8(4-6-9)11-10(12)7-13/h3-6,13H,2,7H2,1H3,(H,11,12). The predicted octanol–water partition coefficient (Wildman–Crippen LogP) is 2.67. The Balaban J connectivity index is 2.59. The number of thiol groups is 1. The summed E-state index contributed by atoms with van der Waals surface area (Å²) in [6.45, 7) is 2.11. The molecule has 0 aromatic heterocycles. The van der Waals surface area contributed by atoms with E-state index < -0.39 is 0 Å². The molecule has 0 radical (unpaired) electrons. The average Bonchev–Trinajstić information content (AvgIpc) is 2.21. The van der Waals surface area contributed by atoms with E-state index in [0.717, 1.165) is 11.4 Å². The Kier molecular flexibility index (Phi) is 4.90. The first-order valence-electron chi connectivity index (χ1n) is 4.40. The number of carbonyl (C=O) groups is 1. The lowest BCUT2D eigenvalue weighted by atomic mass is 10.3. The SMILES string of the molecule is CCSc1ccc(NC(=O)CS)cc1.